The number of carboxylic acids is 2. The SMILES string of the molecule is O=C([O-])C(CCCCCI)C(=O)[O-]. The summed E-state index contributed by atoms with van der Waals surface area (Å²) in [6, 6.07) is 0. The summed E-state index contributed by atoms with van der Waals surface area (Å²) in [5, 5.41) is 20.5. The predicted molar refractivity (Wildman–Crippen MR) is 50.9 cm³/mol. The molecule has 0 amide bonds. The van der Waals surface area contributed by atoms with E-state index in [4.69, 9.17) is 0 Å². The third-order valence-electron chi connectivity index (χ3n) is 1.70. The summed E-state index contributed by atoms with van der Waals surface area (Å²) < 4.78 is 0.999. The van der Waals surface area contributed by atoms with Gasteiger partial charge >= 0.3 is 0 Å². The molecule has 0 aliphatic rings. The molecule has 0 atom stereocenters. The number of alkyl halides is 1. The Hall–Kier alpha value is -0.330. The first kappa shape index (κ1) is 12.7. The molecule has 0 aromatic heterocycles. The summed E-state index contributed by atoms with van der Waals surface area (Å²) in [6.45, 7) is 0. The molecule has 0 saturated heterocycles. The summed E-state index contributed by atoms with van der Waals surface area (Å²) in [5.74, 6) is -4.54. The fraction of sp³-hybridized carbons (Fsp3) is 0.750. The van der Waals surface area contributed by atoms with Crippen molar-refractivity contribution >= 4 is 34.5 Å². The van der Waals surface area contributed by atoms with Crippen LogP contribution in [-0.4, -0.2) is 16.4 Å². The average molecular weight is 298 g/mol. The molecule has 0 radical (unpaired) electrons. The quantitative estimate of drug-likeness (QED) is 0.264. The molecule has 0 bridgehead atoms. The fourth-order valence-corrected chi connectivity index (χ4v) is 1.49. The van der Waals surface area contributed by atoms with Gasteiger partial charge in [-0.25, -0.2) is 0 Å². The van der Waals surface area contributed by atoms with Gasteiger partial charge < -0.3 is 19.8 Å². The van der Waals surface area contributed by atoms with E-state index in [2.05, 4.69) is 22.6 Å². The van der Waals surface area contributed by atoms with Gasteiger partial charge in [-0.2, -0.15) is 0 Å². The first-order chi connectivity index (χ1) is 6.09. The first-order valence-corrected chi connectivity index (χ1v) is 5.59. The van der Waals surface area contributed by atoms with Crippen molar-refractivity contribution in [3.8, 4) is 0 Å². The lowest BCUT2D eigenvalue weighted by Gasteiger charge is -2.18. The topological polar surface area (TPSA) is 80.3 Å². The number of carbonyl (C=O) groups excluding carboxylic acids is 2. The van der Waals surface area contributed by atoms with Crippen molar-refractivity contribution in [2.75, 3.05) is 4.43 Å². The van der Waals surface area contributed by atoms with Crippen LogP contribution in [0.1, 0.15) is 25.7 Å². The van der Waals surface area contributed by atoms with E-state index < -0.39 is 17.9 Å². The Morgan fingerprint density at radius 2 is 1.62 bits per heavy atom. The summed E-state index contributed by atoms with van der Waals surface area (Å²) in [7, 11) is 0. The summed E-state index contributed by atoms with van der Waals surface area (Å²) >= 11 is 2.21. The second kappa shape index (κ2) is 7.11. The molecule has 0 rings (SSSR count). The van der Waals surface area contributed by atoms with Gasteiger partial charge in [0.15, 0.2) is 0 Å². The van der Waals surface area contributed by atoms with Gasteiger partial charge in [0.05, 0.1) is 11.9 Å². The predicted octanol–water partition coefficient (Wildman–Crippen LogP) is -0.902. The zero-order valence-corrected chi connectivity index (χ0v) is 9.28. The summed E-state index contributed by atoms with van der Waals surface area (Å²) in [4.78, 5) is 20.5. The molecule has 0 unspecified atom stereocenters. The average Bonchev–Trinajstić information content (AvgIpc) is 2.02. The van der Waals surface area contributed by atoms with Crippen LogP contribution in [0, 0.1) is 5.92 Å². The Kier molecular flexibility index (Phi) is 6.93. The van der Waals surface area contributed by atoms with Gasteiger partial charge in [0.1, 0.15) is 0 Å². The van der Waals surface area contributed by atoms with Crippen molar-refractivity contribution < 1.29 is 19.8 Å². The van der Waals surface area contributed by atoms with E-state index in [1.807, 2.05) is 0 Å². The number of halogens is 1. The molecule has 4 nitrogen and oxygen atoms in total. The molecule has 0 aromatic carbocycles. The van der Waals surface area contributed by atoms with Gasteiger partial charge in [-0.1, -0.05) is 35.4 Å². The molecule has 0 saturated carbocycles. The normalized spacial score (nSPS) is 10.3. The van der Waals surface area contributed by atoms with E-state index in [0.29, 0.717) is 6.42 Å². The van der Waals surface area contributed by atoms with Crippen molar-refractivity contribution in [2.45, 2.75) is 25.7 Å². The van der Waals surface area contributed by atoms with E-state index in [1.54, 1.807) is 0 Å². The van der Waals surface area contributed by atoms with Gasteiger partial charge in [-0.05, 0) is 17.3 Å². The molecule has 13 heavy (non-hydrogen) atoms. The number of hydrogen-bond donors (Lipinski definition) is 0. The van der Waals surface area contributed by atoms with E-state index in [1.165, 1.54) is 0 Å². The Morgan fingerprint density at radius 3 is 2.00 bits per heavy atom. The first-order valence-electron chi connectivity index (χ1n) is 4.07. The van der Waals surface area contributed by atoms with Crippen LogP contribution in [-0.2, 0) is 9.59 Å². The standard InChI is InChI=1S/C8H13IO4/c9-5-3-1-2-4-6(7(10)11)8(12)13/h6H,1-5H2,(H,10,11)(H,12,13)/p-2. The van der Waals surface area contributed by atoms with Crippen LogP contribution >= 0.6 is 22.6 Å². The van der Waals surface area contributed by atoms with Crippen LogP contribution < -0.4 is 10.2 Å². The lowest BCUT2D eigenvalue weighted by Crippen LogP contribution is -2.43. The number of aliphatic carboxylic acids is 2. The maximum atomic E-state index is 10.3. The number of carboxylic acid groups (broad SMARTS) is 2. The maximum Gasteiger partial charge on any atom is 0.0501 e. The zero-order valence-electron chi connectivity index (χ0n) is 7.12. The largest absolute Gasteiger partial charge is 0.549 e. The molecule has 0 aliphatic carbocycles. The van der Waals surface area contributed by atoms with Crippen LogP contribution in [0.25, 0.3) is 0 Å². The molecule has 0 spiro atoms. The number of carbonyl (C=O) groups is 2. The second-order valence-electron chi connectivity index (χ2n) is 2.73. The van der Waals surface area contributed by atoms with Crippen LogP contribution in [0.4, 0.5) is 0 Å². The molecule has 0 fully saturated rings. The Morgan fingerprint density at radius 1 is 1.08 bits per heavy atom. The van der Waals surface area contributed by atoms with Crippen molar-refractivity contribution in [1.29, 1.82) is 0 Å². The molecule has 0 heterocycles. The van der Waals surface area contributed by atoms with Gasteiger partial charge in [-0.3, -0.25) is 0 Å². The fourth-order valence-electron chi connectivity index (χ4n) is 0.952. The van der Waals surface area contributed by atoms with Crippen molar-refractivity contribution in [2.24, 2.45) is 5.92 Å². The third-order valence-corrected chi connectivity index (χ3v) is 2.46. The molecule has 0 aromatic rings. The molecular weight excluding hydrogens is 287 g/mol. The monoisotopic (exact) mass is 298 g/mol. The van der Waals surface area contributed by atoms with Crippen molar-refractivity contribution in [3.05, 3.63) is 0 Å². The number of hydrogen-bond acceptors (Lipinski definition) is 4. The van der Waals surface area contributed by atoms with Gasteiger partial charge in [-0.15, -0.1) is 0 Å². The molecule has 5 heteroatoms. The van der Waals surface area contributed by atoms with Crippen LogP contribution in [0.3, 0.4) is 0 Å². The maximum absolute atomic E-state index is 10.3. The summed E-state index contributed by atoms with van der Waals surface area (Å²) in [5.41, 5.74) is 0. The van der Waals surface area contributed by atoms with Crippen LogP contribution in [0.2, 0.25) is 0 Å². The molecule has 76 valence electrons. The number of rotatable bonds is 7. The summed E-state index contributed by atoms with van der Waals surface area (Å²) in [6.07, 6.45) is 2.53. The smallest absolute Gasteiger partial charge is 0.0501 e. The minimum atomic E-state index is -1.55. The van der Waals surface area contributed by atoms with Gasteiger partial charge in [0.25, 0.3) is 0 Å². The van der Waals surface area contributed by atoms with E-state index in [-0.39, 0.29) is 6.42 Å². The van der Waals surface area contributed by atoms with Crippen molar-refractivity contribution in [1.82, 2.24) is 0 Å². The Balaban J connectivity index is 3.71. The highest BCUT2D eigenvalue weighted by Crippen LogP contribution is 2.09. The minimum Gasteiger partial charge on any atom is -0.549 e. The highest BCUT2D eigenvalue weighted by molar-refractivity contribution is 14.1. The van der Waals surface area contributed by atoms with E-state index >= 15 is 0 Å². The lowest BCUT2D eigenvalue weighted by atomic mass is 10.0. The highest BCUT2D eigenvalue weighted by atomic mass is 127. The van der Waals surface area contributed by atoms with Crippen molar-refractivity contribution in [3.63, 3.8) is 0 Å². The zero-order chi connectivity index (χ0) is 10.3. The molecule has 0 N–H and O–H groups in total. The lowest BCUT2D eigenvalue weighted by molar-refractivity contribution is -0.332. The molecule has 0 aliphatic heterocycles. The van der Waals surface area contributed by atoms with Crippen LogP contribution in [0.5, 0.6) is 0 Å². The Bertz CT molecular complexity index is 167. The number of unbranched alkanes of at least 4 members (excludes halogenated alkanes) is 2. The highest BCUT2D eigenvalue weighted by Gasteiger charge is 2.09. The van der Waals surface area contributed by atoms with Gasteiger partial charge in [0, 0.05) is 5.92 Å². The van der Waals surface area contributed by atoms with E-state index in [9.17, 15) is 19.8 Å². The third kappa shape index (κ3) is 5.84. The minimum absolute atomic E-state index is 0.112. The Labute approximate surface area is 90.5 Å². The van der Waals surface area contributed by atoms with Crippen LogP contribution in [0.15, 0.2) is 0 Å². The molecular formula is C8H11IO4-2. The van der Waals surface area contributed by atoms with Gasteiger partial charge in [0.2, 0.25) is 0 Å². The second-order valence-corrected chi connectivity index (χ2v) is 3.81. The van der Waals surface area contributed by atoms with E-state index in [0.717, 1.165) is 17.3 Å².